The van der Waals surface area contributed by atoms with E-state index in [-0.39, 0.29) is 5.41 Å². The number of aliphatic carboxylic acids is 1. The monoisotopic (exact) mass is 289 g/mol. The van der Waals surface area contributed by atoms with E-state index >= 15 is 0 Å². The van der Waals surface area contributed by atoms with Gasteiger partial charge in [0.2, 0.25) is 0 Å². The molecule has 0 fully saturated rings. The molecular weight excluding hydrogens is 266 g/mol. The largest absolute Gasteiger partial charge is 0.478 e. The van der Waals surface area contributed by atoms with Crippen molar-refractivity contribution >= 4 is 17.8 Å². The molecule has 21 heavy (non-hydrogen) atoms. The summed E-state index contributed by atoms with van der Waals surface area (Å²) in [6.07, 6.45) is 2.19. The molecule has 1 rings (SSSR count). The third-order valence-electron chi connectivity index (χ3n) is 3.14. The third kappa shape index (κ3) is 4.00. The minimum atomic E-state index is -0.936. The fraction of sp³-hybridized carbons (Fsp3) is 0.471. The van der Waals surface area contributed by atoms with Crippen LogP contribution in [0.5, 0.6) is 0 Å². The lowest BCUT2D eigenvalue weighted by Crippen LogP contribution is -2.24. The molecule has 0 bridgehead atoms. The first-order valence-electron chi connectivity index (χ1n) is 6.88. The summed E-state index contributed by atoms with van der Waals surface area (Å²) >= 11 is 0. The first-order chi connectivity index (χ1) is 9.48. The number of rotatable bonds is 3. The van der Waals surface area contributed by atoms with Gasteiger partial charge >= 0.3 is 5.97 Å². The molecule has 0 aliphatic rings. The molecule has 1 N–H and O–H groups in total. The number of nitrogens with zero attached hydrogens (tertiary/aromatic N) is 1. The predicted molar refractivity (Wildman–Crippen MR) is 83.1 cm³/mol. The normalized spacial score (nSPS) is 13.6. The summed E-state index contributed by atoms with van der Waals surface area (Å²) in [5.74, 6) is -0.936. The van der Waals surface area contributed by atoms with Gasteiger partial charge in [-0.05, 0) is 28.5 Å². The van der Waals surface area contributed by atoms with Crippen LogP contribution in [0.4, 0.5) is 0 Å². The topological polar surface area (TPSA) is 67.3 Å². The number of pyridine rings is 1. The van der Waals surface area contributed by atoms with Gasteiger partial charge in [-0.15, -0.1) is 0 Å². The molecule has 0 aliphatic carbocycles. The Bertz CT molecular complexity index is 570. The summed E-state index contributed by atoms with van der Waals surface area (Å²) in [4.78, 5) is 26.8. The lowest BCUT2D eigenvalue weighted by Gasteiger charge is -2.31. The summed E-state index contributed by atoms with van der Waals surface area (Å²) in [6, 6.07) is 3.36. The van der Waals surface area contributed by atoms with Gasteiger partial charge in [-0.25, -0.2) is 4.79 Å². The summed E-state index contributed by atoms with van der Waals surface area (Å²) < 4.78 is 0. The number of aromatic nitrogens is 1. The van der Waals surface area contributed by atoms with Gasteiger partial charge in [0, 0.05) is 17.3 Å². The molecule has 0 aliphatic heterocycles. The van der Waals surface area contributed by atoms with Crippen molar-refractivity contribution in [1.29, 1.82) is 0 Å². The van der Waals surface area contributed by atoms with Gasteiger partial charge in [-0.1, -0.05) is 41.5 Å². The van der Waals surface area contributed by atoms with Crippen molar-refractivity contribution in [3.8, 4) is 0 Å². The SMILES string of the molecule is CC(C)(C)C(C(=O)O)=C(c1ccc(C=O)cn1)C(C)(C)C. The predicted octanol–water partition coefficient (Wildman–Crippen LogP) is 3.82. The zero-order valence-corrected chi connectivity index (χ0v) is 13.5. The van der Waals surface area contributed by atoms with Crippen LogP contribution >= 0.6 is 0 Å². The standard InChI is InChI=1S/C17H23NO3/c1-16(2,3)13(14(15(20)21)17(4,5)6)12-8-7-11(10-19)9-18-12/h7-10H,1-6H3,(H,20,21). The lowest BCUT2D eigenvalue weighted by atomic mass is 9.73. The van der Waals surface area contributed by atoms with Gasteiger partial charge < -0.3 is 5.11 Å². The van der Waals surface area contributed by atoms with E-state index in [2.05, 4.69) is 4.98 Å². The average molecular weight is 289 g/mol. The van der Waals surface area contributed by atoms with Crippen molar-refractivity contribution < 1.29 is 14.7 Å². The van der Waals surface area contributed by atoms with E-state index in [0.29, 0.717) is 22.4 Å². The molecule has 1 aromatic rings. The molecule has 0 amide bonds. The molecule has 0 spiro atoms. The van der Waals surface area contributed by atoms with Gasteiger partial charge in [0.25, 0.3) is 0 Å². The molecule has 1 aromatic heterocycles. The maximum atomic E-state index is 11.8. The first kappa shape index (κ1) is 17.1. The highest BCUT2D eigenvalue weighted by Gasteiger charge is 2.33. The highest BCUT2D eigenvalue weighted by atomic mass is 16.4. The summed E-state index contributed by atoms with van der Waals surface area (Å²) in [6.45, 7) is 11.5. The highest BCUT2D eigenvalue weighted by Crippen LogP contribution is 2.41. The molecule has 0 aromatic carbocycles. The number of carbonyl (C=O) groups excluding carboxylic acids is 1. The van der Waals surface area contributed by atoms with Crippen LogP contribution in [0.3, 0.4) is 0 Å². The fourth-order valence-corrected chi connectivity index (χ4v) is 2.31. The Balaban J connectivity index is 3.68. The van der Waals surface area contributed by atoms with Gasteiger partial charge in [-0.3, -0.25) is 9.78 Å². The molecule has 4 nitrogen and oxygen atoms in total. The summed E-state index contributed by atoms with van der Waals surface area (Å²) in [5.41, 5.74) is 1.22. The van der Waals surface area contributed by atoms with Crippen molar-refractivity contribution in [2.75, 3.05) is 0 Å². The van der Waals surface area contributed by atoms with Gasteiger partial charge in [0.1, 0.15) is 0 Å². The second kappa shape index (κ2) is 5.80. The zero-order valence-electron chi connectivity index (χ0n) is 13.5. The van der Waals surface area contributed by atoms with Crippen molar-refractivity contribution in [2.45, 2.75) is 41.5 Å². The van der Waals surface area contributed by atoms with E-state index in [1.54, 1.807) is 12.1 Å². The van der Waals surface area contributed by atoms with Crippen LogP contribution in [0.1, 0.15) is 57.6 Å². The van der Waals surface area contributed by atoms with E-state index in [4.69, 9.17) is 0 Å². The van der Waals surface area contributed by atoms with E-state index in [0.717, 1.165) is 6.29 Å². The van der Waals surface area contributed by atoms with E-state index in [1.807, 2.05) is 41.5 Å². The summed E-state index contributed by atoms with van der Waals surface area (Å²) in [7, 11) is 0. The number of carbonyl (C=O) groups is 2. The molecule has 0 atom stereocenters. The highest BCUT2D eigenvalue weighted by molar-refractivity contribution is 5.98. The van der Waals surface area contributed by atoms with Gasteiger partial charge in [-0.2, -0.15) is 0 Å². The molecule has 114 valence electrons. The molecule has 0 radical (unpaired) electrons. The molecule has 0 saturated carbocycles. The number of carboxylic acids is 1. The minimum Gasteiger partial charge on any atom is -0.478 e. The molecular formula is C17H23NO3. The summed E-state index contributed by atoms with van der Waals surface area (Å²) in [5, 5.41) is 9.66. The van der Waals surface area contributed by atoms with Gasteiger partial charge in [0.15, 0.2) is 6.29 Å². The maximum absolute atomic E-state index is 11.8. The molecule has 4 heteroatoms. The number of hydrogen-bond acceptors (Lipinski definition) is 3. The van der Waals surface area contributed by atoms with Crippen molar-refractivity contribution in [2.24, 2.45) is 10.8 Å². The van der Waals surface area contributed by atoms with Crippen LogP contribution in [0.2, 0.25) is 0 Å². The van der Waals surface area contributed by atoms with Crippen molar-refractivity contribution in [3.63, 3.8) is 0 Å². The maximum Gasteiger partial charge on any atom is 0.332 e. The van der Waals surface area contributed by atoms with E-state index < -0.39 is 11.4 Å². The Morgan fingerprint density at radius 2 is 1.67 bits per heavy atom. The van der Waals surface area contributed by atoms with Crippen LogP contribution in [0.25, 0.3) is 5.57 Å². The zero-order chi connectivity index (χ0) is 16.4. The Labute approximate surface area is 125 Å². The molecule has 1 heterocycles. The smallest absolute Gasteiger partial charge is 0.332 e. The lowest BCUT2D eigenvalue weighted by molar-refractivity contribution is -0.133. The van der Waals surface area contributed by atoms with E-state index in [9.17, 15) is 14.7 Å². The van der Waals surface area contributed by atoms with Crippen molar-refractivity contribution in [1.82, 2.24) is 4.98 Å². The second-order valence-corrected chi connectivity index (χ2v) is 7.15. The number of hydrogen-bond donors (Lipinski definition) is 1. The van der Waals surface area contributed by atoms with Crippen LogP contribution in [0.15, 0.2) is 23.9 Å². The number of aldehydes is 1. The Morgan fingerprint density at radius 3 is 1.95 bits per heavy atom. The Kier molecular flexibility index (Phi) is 4.72. The van der Waals surface area contributed by atoms with Crippen LogP contribution < -0.4 is 0 Å². The third-order valence-corrected chi connectivity index (χ3v) is 3.14. The fourth-order valence-electron chi connectivity index (χ4n) is 2.31. The van der Waals surface area contributed by atoms with E-state index in [1.165, 1.54) is 6.20 Å². The molecule has 0 saturated heterocycles. The average Bonchev–Trinajstić information content (AvgIpc) is 2.32. The van der Waals surface area contributed by atoms with Crippen LogP contribution in [0, 0.1) is 10.8 Å². The van der Waals surface area contributed by atoms with Crippen molar-refractivity contribution in [3.05, 3.63) is 35.2 Å². The quantitative estimate of drug-likeness (QED) is 0.678. The Hall–Kier alpha value is -1.97. The van der Waals surface area contributed by atoms with Crippen LogP contribution in [-0.4, -0.2) is 22.3 Å². The Morgan fingerprint density at radius 1 is 1.10 bits per heavy atom. The first-order valence-corrected chi connectivity index (χ1v) is 6.88. The number of carboxylic acid groups (broad SMARTS) is 1. The number of allylic oxidation sites excluding steroid dienone is 1. The second-order valence-electron chi connectivity index (χ2n) is 7.15. The van der Waals surface area contributed by atoms with Crippen LogP contribution in [-0.2, 0) is 4.79 Å². The minimum absolute atomic E-state index is 0.348. The van der Waals surface area contributed by atoms with Gasteiger partial charge in [0.05, 0.1) is 5.69 Å². The molecule has 0 unspecified atom stereocenters.